The highest BCUT2D eigenvalue weighted by Crippen LogP contribution is 2.38. The first-order valence-corrected chi connectivity index (χ1v) is 12.5. The molecule has 0 spiro atoms. The van der Waals surface area contributed by atoms with Crippen LogP contribution in [-0.4, -0.2) is 61.9 Å². The lowest BCUT2D eigenvalue weighted by Crippen LogP contribution is -2.43. The van der Waals surface area contributed by atoms with Crippen LogP contribution in [0.3, 0.4) is 0 Å². The van der Waals surface area contributed by atoms with Crippen LogP contribution in [0.2, 0.25) is 0 Å². The number of nitrogens with one attached hydrogen (secondary N) is 3. The summed E-state index contributed by atoms with van der Waals surface area (Å²) in [6.45, 7) is 5.36. The highest BCUT2D eigenvalue weighted by atomic mass is 32.1. The van der Waals surface area contributed by atoms with E-state index in [1.54, 1.807) is 25.5 Å². The van der Waals surface area contributed by atoms with Crippen LogP contribution in [0.25, 0.3) is 32.5 Å². The number of carbonyl (C=O) groups excluding carboxylic acids is 1. The Bertz CT molecular complexity index is 1390. The molecule has 0 radical (unpaired) electrons. The van der Waals surface area contributed by atoms with Gasteiger partial charge in [-0.25, -0.2) is 19.7 Å². The van der Waals surface area contributed by atoms with Crippen LogP contribution in [-0.2, 0) is 4.79 Å². The first-order chi connectivity index (χ1) is 17.4. The van der Waals surface area contributed by atoms with Gasteiger partial charge in [0.15, 0.2) is 5.13 Å². The van der Waals surface area contributed by atoms with Gasteiger partial charge in [-0.15, -0.1) is 0 Å². The van der Waals surface area contributed by atoms with Gasteiger partial charge >= 0.3 is 12.0 Å². The van der Waals surface area contributed by atoms with E-state index in [0.717, 1.165) is 32.5 Å². The summed E-state index contributed by atoms with van der Waals surface area (Å²) < 4.78 is 0.930. The number of carboxylic acid groups (broad SMARTS) is 1. The standard InChI is InChI=1S/C24H26N8O3S/c1-3-25-22(35)31-23-30-18-9-14(8-17(19(18)36-23)16-12-28-29-13-16)15-10-26-21(27-11-15)32-6-4-24(2,5-7-32)20(33)34/h8-13H,3-7H2,1-2H3,(H,28,29)(H,33,34)(H2,25,30,31,35). The Morgan fingerprint density at radius 3 is 2.53 bits per heavy atom. The number of carbonyl (C=O) groups is 2. The van der Waals surface area contributed by atoms with Gasteiger partial charge in [0.1, 0.15) is 0 Å². The van der Waals surface area contributed by atoms with Gasteiger partial charge in [-0.05, 0) is 44.4 Å². The molecule has 1 fully saturated rings. The highest BCUT2D eigenvalue weighted by Gasteiger charge is 2.37. The maximum absolute atomic E-state index is 12.0. The average molecular weight is 507 g/mol. The molecule has 1 aliphatic heterocycles. The van der Waals surface area contributed by atoms with E-state index in [-0.39, 0.29) is 6.03 Å². The zero-order valence-corrected chi connectivity index (χ0v) is 20.7. The lowest BCUT2D eigenvalue weighted by molar-refractivity contribution is -0.149. The molecule has 0 unspecified atom stereocenters. The van der Waals surface area contributed by atoms with E-state index in [4.69, 9.17) is 0 Å². The summed E-state index contributed by atoms with van der Waals surface area (Å²) >= 11 is 1.40. The van der Waals surface area contributed by atoms with Crippen molar-refractivity contribution in [2.24, 2.45) is 5.41 Å². The molecule has 1 aliphatic rings. The van der Waals surface area contributed by atoms with Gasteiger partial charge in [0, 0.05) is 54.9 Å². The third-order valence-electron chi connectivity index (χ3n) is 6.49. The van der Waals surface area contributed by atoms with Crippen molar-refractivity contribution >= 4 is 44.6 Å². The third kappa shape index (κ3) is 4.59. The first-order valence-electron chi connectivity index (χ1n) is 11.7. The predicted octanol–water partition coefficient (Wildman–Crippen LogP) is 3.98. The van der Waals surface area contributed by atoms with E-state index in [0.29, 0.717) is 43.6 Å². The van der Waals surface area contributed by atoms with Crippen molar-refractivity contribution in [3.8, 4) is 22.3 Å². The molecule has 0 atom stereocenters. The summed E-state index contributed by atoms with van der Waals surface area (Å²) in [6, 6.07) is 3.70. The van der Waals surface area contributed by atoms with E-state index < -0.39 is 11.4 Å². The molecule has 36 heavy (non-hydrogen) atoms. The Hall–Kier alpha value is -4.06. The van der Waals surface area contributed by atoms with Crippen LogP contribution in [0.15, 0.2) is 36.9 Å². The third-order valence-corrected chi connectivity index (χ3v) is 7.51. The van der Waals surface area contributed by atoms with E-state index >= 15 is 0 Å². The quantitative estimate of drug-likeness (QED) is 0.307. The molecule has 1 saturated heterocycles. The fourth-order valence-corrected chi connectivity index (χ4v) is 5.19. The zero-order valence-electron chi connectivity index (χ0n) is 19.9. The topological polar surface area (TPSA) is 149 Å². The van der Waals surface area contributed by atoms with Crippen molar-refractivity contribution in [3.63, 3.8) is 0 Å². The lowest BCUT2D eigenvalue weighted by atomic mass is 9.80. The monoisotopic (exact) mass is 506 g/mol. The summed E-state index contributed by atoms with van der Waals surface area (Å²) in [4.78, 5) is 39.3. The largest absolute Gasteiger partial charge is 0.481 e. The van der Waals surface area contributed by atoms with Crippen molar-refractivity contribution in [2.75, 3.05) is 29.9 Å². The number of aliphatic carboxylic acids is 1. The smallest absolute Gasteiger partial charge is 0.321 e. The molecular formula is C24H26N8O3S. The van der Waals surface area contributed by atoms with Crippen molar-refractivity contribution in [3.05, 3.63) is 36.9 Å². The van der Waals surface area contributed by atoms with E-state index in [1.807, 2.05) is 30.2 Å². The van der Waals surface area contributed by atoms with Gasteiger partial charge in [-0.1, -0.05) is 11.3 Å². The van der Waals surface area contributed by atoms with Crippen molar-refractivity contribution in [1.82, 2.24) is 30.5 Å². The van der Waals surface area contributed by atoms with Gasteiger partial charge in [-0.2, -0.15) is 5.10 Å². The second-order valence-corrected chi connectivity index (χ2v) is 9.99. The molecule has 0 bridgehead atoms. The molecule has 0 saturated carbocycles. The minimum absolute atomic E-state index is 0.299. The summed E-state index contributed by atoms with van der Waals surface area (Å²) in [5.41, 5.74) is 3.59. The van der Waals surface area contributed by atoms with Crippen LogP contribution in [0.5, 0.6) is 0 Å². The van der Waals surface area contributed by atoms with Crippen LogP contribution in [0.4, 0.5) is 15.9 Å². The number of thiazole rings is 1. The molecule has 186 valence electrons. The Morgan fingerprint density at radius 1 is 1.14 bits per heavy atom. The van der Waals surface area contributed by atoms with Gasteiger partial charge in [-0.3, -0.25) is 15.2 Å². The number of benzene rings is 1. The highest BCUT2D eigenvalue weighted by molar-refractivity contribution is 7.22. The molecule has 3 aromatic heterocycles. The van der Waals surface area contributed by atoms with Crippen molar-refractivity contribution in [1.29, 1.82) is 0 Å². The van der Waals surface area contributed by atoms with Crippen LogP contribution in [0, 0.1) is 5.41 Å². The minimum atomic E-state index is -0.756. The molecule has 1 aromatic carbocycles. The van der Waals surface area contributed by atoms with E-state index in [1.165, 1.54) is 11.3 Å². The maximum Gasteiger partial charge on any atom is 0.321 e. The summed E-state index contributed by atoms with van der Waals surface area (Å²) in [5, 5.41) is 22.4. The number of H-pyrrole nitrogens is 1. The van der Waals surface area contributed by atoms with Gasteiger partial charge in [0.2, 0.25) is 5.95 Å². The zero-order chi connectivity index (χ0) is 25.3. The molecule has 12 heteroatoms. The van der Waals surface area contributed by atoms with Gasteiger partial charge in [0.05, 0.1) is 21.8 Å². The summed E-state index contributed by atoms with van der Waals surface area (Å²) in [5.74, 6) is -0.168. The predicted molar refractivity (Wildman–Crippen MR) is 138 cm³/mol. The molecule has 4 heterocycles. The number of urea groups is 1. The Kier molecular flexibility index (Phi) is 6.27. The average Bonchev–Trinajstić information content (AvgIpc) is 3.54. The number of aromatic amines is 1. The second-order valence-electron chi connectivity index (χ2n) is 8.99. The van der Waals surface area contributed by atoms with E-state index in [9.17, 15) is 14.7 Å². The fourth-order valence-electron chi connectivity index (χ4n) is 4.22. The fraction of sp³-hybridized carbons (Fsp3) is 0.333. The molecule has 0 aliphatic carbocycles. The number of fused-ring (bicyclic) bond motifs is 1. The van der Waals surface area contributed by atoms with Crippen LogP contribution in [0.1, 0.15) is 26.7 Å². The Labute approximate surface area is 211 Å². The van der Waals surface area contributed by atoms with Gasteiger partial charge in [0.25, 0.3) is 0 Å². The number of piperidine rings is 1. The lowest BCUT2D eigenvalue weighted by Gasteiger charge is -2.36. The maximum atomic E-state index is 12.0. The number of rotatable bonds is 6. The molecule has 4 aromatic rings. The molecule has 5 rings (SSSR count). The first kappa shape index (κ1) is 23.7. The van der Waals surface area contributed by atoms with Crippen molar-refractivity contribution < 1.29 is 14.7 Å². The summed E-state index contributed by atoms with van der Waals surface area (Å²) in [6.07, 6.45) is 8.21. The Balaban J connectivity index is 1.44. The summed E-state index contributed by atoms with van der Waals surface area (Å²) in [7, 11) is 0. The molecule has 4 N–H and O–H groups in total. The number of hydrogen-bond acceptors (Lipinski definition) is 8. The number of anilines is 2. The number of amides is 2. The van der Waals surface area contributed by atoms with E-state index in [2.05, 4.69) is 35.8 Å². The number of hydrogen-bond donors (Lipinski definition) is 4. The second kappa shape index (κ2) is 9.53. The normalized spacial score (nSPS) is 15.1. The van der Waals surface area contributed by atoms with Crippen LogP contribution >= 0.6 is 11.3 Å². The van der Waals surface area contributed by atoms with Crippen molar-refractivity contribution in [2.45, 2.75) is 26.7 Å². The minimum Gasteiger partial charge on any atom is -0.481 e. The van der Waals surface area contributed by atoms with Gasteiger partial charge < -0.3 is 15.3 Å². The van der Waals surface area contributed by atoms with Crippen LogP contribution < -0.4 is 15.5 Å². The molecule has 11 nitrogen and oxygen atoms in total. The SMILES string of the molecule is CCNC(=O)Nc1nc2cc(-c3cnc(N4CCC(C)(C(=O)O)CC4)nc3)cc(-c3cn[nH]c3)c2s1. The Morgan fingerprint density at radius 2 is 1.89 bits per heavy atom. The number of carboxylic acids is 1. The molecule has 2 amide bonds. The number of nitrogens with zero attached hydrogens (tertiary/aromatic N) is 5. The molecular weight excluding hydrogens is 480 g/mol. The number of aromatic nitrogens is 5.